The van der Waals surface area contributed by atoms with Crippen LogP contribution in [0.25, 0.3) is 0 Å². The SMILES string of the molecule is CC1CCC(C(O)C(CN)c2cccc(F)c2)CC1. The highest BCUT2D eigenvalue weighted by atomic mass is 19.1. The molecule has 0 radical (unpaired) electrons. The fourth-order valence-electron chi connectivity index (χ4n) is 3.17. The summed E-state index contributed by atoms with van der Waals surface area (Å²) >= 11 is 0. The molecule has 0 spiro atoms. The lowest BCUT2D eigenvalue weighted by molar-refractivity contribution is 0.0548. The molecule has 0 heterocycles. The Balaban J connectivity index is 2.08. The van der Waals surface area contributed by atoms with Gasteiger partial charge in [0.15, 0.2) is 0 Å². The molecule has 0 saturated heterocycles. The Morgan fingerprint density at radius 2 is 2.00 bits per heavy atom. The molecule has 0 aromatic heterocycles. The summed E-state index contributed by atoms with van der Waals surface area (Å²) in [5, 5.41) is 10.6. The van der Waals surface area contributed by atoms with E-state index in [1.54, 1.807) is 6.07 Å². The van der Waals surface area contributed by atoms with E-state index in [4.69, 9.17) is 5.73 Å². The molecule has 1 aromatic carbocycles. The summed E-state index contributed by atoms with van der Waals surface area (Å²) in [5.74, 6) is 0.636. The second kappa shape index (κ2) is 6.49. The Hall–Kier alpha value is -0.930. The van der Waals surface area contributed by atoms with E-state index in [9.17, 15) is 9.50 Å². The van der Waals surface area contributed by atoms with Crippen LogP contribution in [0.5, 0.6) is 0 Å². The predicted octanol–water partition coefficient (Wildman–Crippen LogP) is 3.06. The second-order valence-corrected chi connectivity index (χ2v) is 5.91. The van der Waals surface area contributed by atoms with Crippen molar-refractivity contribution in [1.82, 2.24) is 0 Å². The van der Waals surface area contributed by atoms with Crippen molar-refractivity contribution in [3.8, 4) is 0 Å². The van der Waals surface area contributed by atoms with Crippen LogP contribution in [-0.2, 0) is 0 Å². The average Bonchev–Trinajstić information content (AvgIpc) is 2.40. The van der Waals surface area contributed by atoms with Gasteiger partial charge in [-0.15, -0.1) is 0 Å². The molecule has 2 atom stereocenters. The fraction of sp³-hybridized carbons (Fsp3) is 0.625. The maximum absolute atomic E-state index is 13.3. The summed E-state index contributed by atoms with van der Waals surface area (Å²) in [7, 11) is 0. The summed E-state index contributed by atoms with van der Waals surface area (Å²) in [4.78, 5) is 0. The minimum absolute atomic E-state index is 0.158. The number of halogens is 1. The molecular weight excluding hydrogens is 241 g/mol. The molecule has 2 rings (SSSR count). The highest BCUT2D eigenvalue weighted by Gasteiger charge is 2.30. The molecule has 19 heavy (non-hydrogen) atoms. The van der Waals surface area contributed by atoms with Crippen LogP contribution in [0.2, 0.25) is 0 Å². The maximum Gasteiger partial charge on any atom is 0.123 e. The zero-order valence-electron chi connectivity index (χ0n) is 11.6. The van der Waals surface area contributed by atoms with Gasteiger partial charge < -0.3 is 10.8 Å². The van der Waals surface area contributed by atoms with Crippen molar-refractivity contribution < 1.29 is 9.50 Å². The molecule has 1 aromatic rings. The van der Waals surface area contributed by atoms with Gasteiger partial charge in [-0.2, -0.15) is 0 Å². The van der Waals surface area contributed by atoms with Gasteiger partial charge in [0.2, 0.25) is 0 Å². The van der Waals surface area contributed by atoms with Gasteiger partial charge in [-0.1, -0.05) is 31.9 Å². The summed E-state index contributed by atoms with van der Waals surface area (Å²) in [6.07, 6.45) is 3.98. The van der Waals surface area contributed by atoms with Crippen LogP contribution in [-0.4, -0.2) is 17.8 Å². The van der Waals surface area contributed by atoms with E-state index in [0.717, 1.165) is 24.3 Å². The molecule has 106 valence electrons. The average molecular weight is 265 g/mol. The van der Waals surface area contributed by atoms with E-state index < -0.39 is 6.10 Å². The molecule has 1 fully saturated rings. The molecule has 1 saturated carbocycles. The molecule has 2 unspecified atom stereocenters. The largest absolute Gasteiger partial charge is 0.392 e. The number of hydrogen-bond donors (Lipinski definition) is 2. The molecule has 1 aliphatic carbocycles. The van der Waals surface area contributed by atoms with Crippen molar-refractivity contribution >= 4 is 0 Å². The third kappa shape index (κ3) is 3.54. The standard InChI is InChI=1S/C16H24FNO/c1-11-5-7-12(8-6-11)16(19)15(10-18)13-3-2-4-14(17)9-13/h2-4,9,11-12,15-16,19H,5-8,10,18H2,1H3. The topological polar surface area (TPSA) is 46.2 Å². The van der Waals surface area contributed by atoms with Crippen molar-refractivity contribution in [2.45, 2.75) is 44.6 Å². The smallest absolute Gasteiger partial charge is 0.123 e. The molecule has 1 aliphatic rings. The third-order valence-corrected chi connectivity index (χ3v) is 4.49. The highest BCUT2D eigenvalue weighted by Crippen LogP contribution is 2.35. The van der Waals surface area contributed by atoms with Crippen LogP contribution >= 0.6 is 0 Å². The monoisotopic (exact) mass is 265 g/mol. The first-order chi connectivity index (χ1) is 9.11. The summed E-state index contributed by atoms with van der Waals surface area (Å²) in [5.41, 5.74) is 6.62. The van der Waals surface area contributed by atoms with E-state index in [-0.39, 0.29) is 11.7 Å². The molecule has 0 bridgehead atoms. The predicted molar refractivity (Wildman–Crippen MR) is 75.3 cm³/mol. The Bertz CT molecular complexity index is 401. The maximum atomic E-state index is 13.3. The lowest BCUT2D eigenvalue weighted by atomic mass is 9.75. The molecule has 2 nitrogen and oxygen atoms in total. The number of hydrogen-bond acceptors (Lipinski definition) is 2. The quantitative estimate of drug-likeness (QED) is 0.879. The number of aliphatic hydroxyl groups is 1. The minimum atomic E-state index is -0.459. The lowest BCUT2D eigenvalue weighted by Crippen LogP contribution is -2.34. The number of benzene rings is 1. The van der Waals surface area contributed by atoms with E-state index in [2.05, 4.69) is 6.92 Å². The Labute approximate surface area is 114 Å². The van der Waals surface area contributed by atoms with Gasteiger partial charge in [-0.25, -0.2) is 4.39 Å². The fourth-order valence-corrected chi connectivity index (χ4v) is 3.17. The summed E-state index contributed by atoms with van der Waals surface area (Å²) in [6.45, 7) is 2.62. The molecule has 0 amide bonds. The zero-order valence-corrected chi connectivity index (χ0v) is 11.6. The van der Waals surface area contributed by atoms with Crippen LogP contribution in [0.15, 0.2) is 24.3 Å². The van der Waals surface area contributed by atoms with Gasteiger partial charge in [0.25, 0.3) is 0 Å². The van der Waals surface area contributed by atoms with E-state index in [0.29, 0.717) is 12.5 Å². The van der Waals surface area contributed by atoms with Gasteiger partial charge in [0.1, 0.15) is 5.82 Å². The first-order valence-corrected chi connectivity index (χ1v) is 7.25. The van der Waals surface area contributed by atoms with Crippen LogP contribution < -0.4 is 5.73 Å². The number of aliphatic hydroxyl groups excluding tert-OH is 1. The second-order valence-electron chi connectivity index (χ2n) is 5.91. The Kier molecular flexibility index (Phi) is 4.94. The van der Waals surface area contributed by atoms with Crippen molar-refractivity contribution in [2.75, 3.05) is 6.54 Å². The van der Waals surface area contributed by atoms with E-state index in [1.165, 1.54) is 25.0 Å². The van der Waals surface area contributed by atoms with Crippen LogP contribution in [0, 0.1) is 17.7 Å². The van der Waals surface area contributed by atoms with Gasteiger partial charge in [0, 0.05) is 12.5 Å². The van der Waals surface area contributed by atoms with Gasteiger partial charge in [-0.3, -0.25) is 0 Å². The first kappa shape index (κ1) is 14.5. The number of nitrogens with two attached hydrogens (primary N) is 1. The van der Waals surface area contributed by atoms with Crippen molar-refractivity contribution in [3.05, 3.63) is 35.6 Å². The Morgan fingerprint density at radius 1 is 1.32 bits per heavy atom. The number of rotatable bonds is 4. The van der Waals surface area contributed by atoms with Gasteiger partial charge in [0.05, 0.1) is 6.10 Å². The van der Waals surface area contributed by atoms with E-state index in [1.807, 2.05) is 6.07 Å². The van der Waals surface area contributed by atoms with Crippen LogP contribution in [0.4, 0.5) is 4.39 Å². The minimum Gasteiger partial charge on any atom is -0.392 e. The molecule has 3 heteroatoms. The van der Waals surface area contributed by atoms with Gasteiger partial charge >= 0.3 is 0 Å². The molecule has 3 N–H and O–H groups in total. The van der Waals surface area contributed by atoms with Crippen molar-refractivity contribution in [2.24, 2.45) is 17.6 Å². The lowest BCUT2D eigenvalue weighted by Gasteiger charge is -2.34. The first-order valence-electron chi connectivity index (χ1n) is 7.25. The molecular formula is C16H24FNO. The van der Waals surface area contributed by atoms with Crippen LogP contribution in [0.3, 0.4) is 0 Å². The highest BCUT2D eigenvalue weighted by molar-refractivity contribution is 5.22. The normalized spacial score (nSPS) is 26.9. The third-order valence-electron chi connectivity index (χ3n) is 4.49. The Morgan fingerprint density at radius 3 is 2.58 bits per heavy atom. The summed E-state index contributed by atoms with van der Waals surface area (Å²) in [6, 6.07) is 6.45. The van der Waals surface area contributed by atoms with Crippen LogP contribution in [0.1, 0.15) is 44.1 Å². The molecule has 0 aliphatic heterocycles. The van der Waals surface area contributed by atoms with Gasteiger partial charge in [-0.05, 0) is 42.4 Å². The summed E-state index contributed by atoms with van der Waals surface area (Å²) < 4.78 is 13.3. The van der Waals surface area contributed by atoms with E-state index >= 15 is 0 Å². The van der Waals surface area contributed by atoms with Crippen molar-refractivity contribution in [1.29, 1.82) is 0 Å². The van der Waals surface area contributed by atoms with Crippen molar-refractivity contribution in [3.63, 3.8) is 0 Å². The zero-order chi connectivity index (χ0) is 13.8.